The van der Waals surface area contributed by atoms with Crippen LogP contribution in [0.4, 0.5) is 10.1 Å². The number of thiocarbonyl (C=S) groups is 1. The van der Waals surface area contributed by atoms with Crippen molar-refractivity contribution < 1.29 is 4.39 Å². The molecule has 0 heterocycles. The lowest BCUT2D eigenvalue weighted by Crippen LogP contribution is -2.47. The summed E-state index contributed by atoms with van der Waals surface area (Å²) in [6, 6.07) is 4.43. The van der Waals surface area contributed by atoms with Gasteiger partial charge in [-0.25, -0.2) is 4.39 Å². The summed E-state index contributed by atoms with van der Waals surface area (Å²) >= 11 is 11.0. The Kier molecular flexibility index (Phi) is 5.39. The second-order valence-electron chi connectivity index (χ2n) is 6.83. The van der Waals surface area contributed by atoms with E-state index in [1.807, 2.05) is 0 Å². The molecule has 1 rings (SSSR count). The zero-order valence-corrected chi connectivity index (χ0v) is 14.2. The standard InChI is InChI=1S/C15H22ClFN2S/c1-14(2,3)9-15(4,5)19-13(20)18-10-6-7-12(17)11(16)8-10/h6-8H,9H2,1-5H3,(H2,18,19,20). The molecule has 2 nitrogen and oxygen atoms in total. The molecule has 0 aromatic heterocycles. The van der Waals surface area contributed by atoms with E-state index in [-0.39, 0.29) is 16.0 Å². The molecular formula is C15H22ClFN2S. The molecule has 0 aliphatic heterocycles. The summed E-state index contributed by atoms with van der Waals surface area (Å²) in [6.07, 6.45) is 0.964. The Morgan fingerprint density at radius 2 is 1.85 bits per heavy atom. The average Bonchev–Trinajstić information content (AvgIpc) is 2.18. The van der Waals surface area contributed by atoms with Crippen LogP contribution in [0.1, 0.15) is 41.0 Å². The summed E-state index contributed by atoms with van der Waals surface area (Å²) in [4.78, 5) is 0. The minimum atomic E-state index is -0.441. The van der Waals surface area contributed by atoms with Gasteiger partial charge < -0.3 is 10.6 Å². The molecule has 0 saturated heterocycles. The van der Waals surface area contributed by atoms with Gasteiger partial charge in [0.25, 0.3) is 0 Å². The fourth-order valence-corrected chi connectivity index (χ4v) is 2.99. The van der Waals surface area contributed by atoms with E-state index in [4.69, 9.17) is 23.8 Å². The molecule has 0 aliphatic carbocycles. The van der Waals surface area contributed by atoms with Gasteiger partial charge in [0.15, 0.2) is 5.11 Å². The predicted molar refractivity (Wildman–Crippen MR) is 88.9 cm³/mol. The van der Waals surface area contributed by atoms with E-state index in [9.17, 15) is 4.39 Å². The van der Waals surface area contributed by atoms with Gasteiger partial charge in [-0.1, -0.05) is 32.4 Å². The van der Waals surface area contributed by atoms with Gasteiger partial charge in [0.05, 0.1) is 5.02 Å². The van der Waals surface area contributed by atoms with E-state index in [0.717, 1.165) is 6.42 Å². The van der Waals surface area contributed by atoms with Crippen LogP contribution in [0.15, 0.2) is 18.2 Å². The van der Waals surface area contributed by atoms with E-state index >= 15 is 0 Å². The van der Waals surface area contributed by atoms with Gasteiger partial charge in [0.2, 0.25) is 0 Å². The molecule has 0 amide bonds. The Hall–Kier alpha value is -0.870. The number of rotatable bonds is 3. The first-order valence-corrected chi connectivity index (χ1v) is 7.31. The predicted octanol–water partition coefficient (Wildman–Crippen LogP) is 4.98. The fourth-order valence-electron chi connectivity index (χ4n) is 2.41. The lowest BCUT2D eigenvalue weighted by atomic mass is 9.82. The molecule has 0 atom stereocenters. The van der Waals surface area contributed by atoms with Crippen LogP contribution in [-0.4, -0.2) is 10.7 Å². The zero-order valence-electron chi connectivity index (χ0n) is 12.6. The lowest BCUT2D eigenvalue weighted by molar-refractivity contribution is 0.268. The molecule has 112 valence electrons. The minimum Gasteiger partial charge on any atom is -0.358 e. The number of hydrogen-bond donors (Lipinski definition) is 2. The molecule has 0 aliphatic rings. The van der Waals surface area contributed by atoms with Crippen LogP contribution in [0.5, 0.6) is 0 Å². The van der Waals surface area contributed by atoms with Crippen molar-refractivity contribution in [3.05, 3.63) is 29.0 Å². The van der Waals surface area contributed by atoms with Crippen LogP contribution in [0.3, 0.4) is 0 Å². The summed E-state index contributed by atoms with van der Waals surface area (Å²) in [6.45, 7) is 10.8. The molecule has 1 aromatic rings. The van der Waals surface area contributed by atoms with Gasteiger partial charge in [0.1, 0.15) is 5.82 Å². The Morgan fingerprint density at radius 3 is 2.35 bits per heavy atom. The minimum absolute atomic E-state index is 0.0757. The van der Waals surface area contributed by atoms with E-state index in [0.29, 0.717) is 10.8 Å². The Bertz CT molecular complexity index is 495. The smallest absolute Gasteiger partial charge is 0.171 e. The second kappa shape index (κ2) is 6.27. The third-order valence-corrected chi connectivity index (χ3v) is 3.10. The van der Waals surface area contributed by atoms with Crippen molar-refractivity contribution in [2.24, 2.45) is 5.41 Å². The number of benzene rings is 1. The topological polar surface area (TPSA) is 24.1 Å². The van der Waals surface area contributed by atoms with Crippen LogP contribution in [0.2, 0.25) is 5.02 Å². The van der Waals surface area contributed by atoms with E-state index in [1.165, 1.54) is 12.1 Å². The SMILES string of the molecule is CC(C)(C)CC(C)(C)NC(=S)Nc1ccc(F)c(Cl)c1. The van der Waals surface area contributed by atoms with Gasteiger partial charge in [-0.15, -0.1) is 0 Å². The molecule has 0 saturated carbocycles. The number of anilines is 1. The highest BCUT2D eigenvalue weighted by atomic mass is 35.5. The molecule has 0 fully saturated rings. The molecule has 1 aromatic carbocycles. The van der Waals surface area contributed by atoms with Gasteiger partial charge in [-0.2, -0.15) is 0 Å². The van der Waals surface area contributed by atoms with Crippen LogP contribution >= 0.6 is 23.8 Å². The lowest BCUT2D eigenvalue weighted by Gasteiger charge is -2.34. The number of nitrogens with one attached hydrogen (secondary N) is 2. The highest BCUT2D eigenvalue weighted by Gasteiger charge is 2.25. The molecule has 0 spiro atoms. The first-order valence-electron chi connectivity index (χ1n) is 6.53. The van der Waals surface area contributed by atoms with Crippen LogP contribution in [0.25, 0.3) is 0 Å². The summed E-state index contributed by atoms with van der Waals surface area (Å²) in [7, 11) is 0. The zero-order chi connectivity index (χ0) is 15.6. The van der Waals surface area contributed by atoms with Crippen molar-refractivity contribution in [1.29, 1.82) is 0 Å². The van der Waals surface area contributed by atoms with Gasteiger partial charge in [-0.3, -0.25) is 0 Å². The molecule has 20 heavy (non-hydrogen) atoms. The quantitative estimate of drug-likeness (QED) is 0.769. The van der Waals surface area contributed by atoms with Crippen molar-refractivity contribution in [1.82, 2.24) is 5.32 Å². The Labute approximate surface area is 131 Å². The van der Waals surface area contributed by atoms with Crippen LogP contribution in [0, 0.1) is 11.2 Å². The maximum atomic E-state index is 13.1. The summed E-state index contributed by atoms with van der Waals surface area (Å²) < 4.78 is 13.1. The largest absolute Gasteiger partial charge is 0.358 e. The van der Waals surface area contributed by atoms with E-state index in [2.05, 4.69) is 45.3 Å². The van der Waals surface area contributed by atoms with E-state index in [1.54, 1.807) is 6.07 Å². The Balaban J connectivity index is 2.65. The maximum Gasteiger partial charge on any atom is 0.171 e. The normalized spacial score (nSPS) is 12.2. The van der Waals surface area contributed by atoms with Crippen molar-refractivity contribution in [2.75, 3.05) is 5.32 Å². The molecule has 0 unspecified atom stereocenters. The maximum absolute atomic E-state index is 13.1. The van der Waals surface area contributed by atoms with Gasteiger partial charge >= 0.3 is 0 Å². The van der Waals surface area contributed by atoms with E-state index < -0.39 is 5.82 Å². The molecule has 0 radical (unpaired) electrons. The first-order chi connectivity index (χ1) is 8.98. The monoisotopic (exact) mass is 316 g/mol. The van der Waals surface area contributed by atoms with Gasteiger partial charge in [-0.05, 0) is 56.1 Å². The first kappa shape index (κ1) is 17.2. The molecule has 0 bridgehead atoms. The summed E-state index contributed by atoms with van der Waals surface area (Å²) in [5.41, 5.74) is 0.734. The van der Waals surface area contributed by atoms with Crippen molar-refractivity contribution >= 4 is 34.6 Å². The molecule has 5 heteroatoms. The highest BCUT2D eigenvalue weighted by Crippen LogP contribution is 2.27. The molecular weight excluding hydrogens is 295 g/mol. The second-order valence-corrected chi connectivity index (χ2v) is 7.64. The summed E-state index contributed by atoms with van der Waals surface area (Å²) in [5, 5.41) is 6.88. The van der Waals surface area contributed by atoms with Crippen molar-refractivity contribution in [2.45, 2.75) is 46.6 Å². The third kappa shape index (κ3) is 6.06. The van der Waals surface area contributed by atoms with Crippen LogP contribution < -0.4 is 10.6 Å². The highest BCUT2D eigenvalue weighted by molar-refractivity contribution is 7.80. The summed E-state index contributed by atoms with van der Waals surface area (Å²) in [5.74, 6) is -0.441. The third-order valence-electron chi connectivity index (χ3n) is 2.60. The number of halogens is 2. The van der Waals surface area contributed by atoms with Crippen molar-refractivity contribution in [3.63, 3.8) is 0 Å². The fraction of sp³-hybridized carbons (Fsp3) is 0.533. The molecule has 2 N–H and O–H groups in total. The van der Waals surface area contributed by atoms with Crippen LogP contribution in [-0.2, 0) is 0 Å². The Morgan fingerprint density at radius 1 is 1.25 bits per heavy atom. The van der Waals surface area contributed by atoms with Crippen molar-refractivity contribution in [3.8, 4) is 0 Å². The van der Waals surface area contributed by atoms with Gasteiger partial charge in [0, 0.05) is 11.2 Å². The number of hydrogen-bond acceptors (Lipinski definition) is 1. The average molecular weight is 317 g/mol.